The molecule has 0 fully saturated rings. The lowest BCUT2D eigenvalue weighted by Gasteiger charge is -2.10. The number of hydrogen-bond donors (Lipinski definition) is 3. The first kappa shape index (κ1) is 22.2. The molecule has 0 bridgehead atoms. The van der Waals surface area contributed by atoms with Gasteiger partial charge in [-0.2, -0.15) is 0 Å². The molecule has 32 heavy (non-hydrogen) atoms. The summed E-state index contributed by atoms with van der Waals surface area (Å²) in [6.07, 6.45) is 7.21. The average molecular weight is 434 g/mol. The van der Waals surface area contributed by atoms with E-state index in [1.807, 2.05) is 0 Å². The minimum absolute atomic E-state index is 0.0731. The number of aryl methyl sites for hydroxylation is 1. The Hall–Kier alpha value is -4.54. The van der Waals surface area contributed by atoms with Gasteiger partial charge in [0.1, 0.15) is 34.5 Å². The fourth-order valence-corrected chi connectivity index (χ4v) is 2.56. The van der Waals surface area contributed by atoms with Gasteiger partial charge in [-0.15, -0.1) is 0 Å². The van der Waals surface area contributed by atoms with Crippen molar-refractivity contribution in [3.8, 4) is 11.5 Å². The van der Waals surface area contributed by atoms with Gasteiger partial charge >= 0.3 is 0 Å². The summed E-state index contributed by atoms with van der Waals surface area (Å²) in [6, 6.07) is 6.56. The maximum atomic E-state index is 12.4. The summed E-state index contributed by atoms with van der Waals surface area (Å²) in [5, 5.41) is 5.59. The number of aliphatic imine (C=N–C) groups is 1. The Morgan fingerprint density at radius 3 is 2.62 bits per heavy atom. The molecule has 0 aliphatic heterocycles. The molecule has 4 N–H and O–H groups in total. The molecule has 3 heterocycles. The molecule has 3 aromatic heterocycles. The summed E-state index contributed by atoms with van der Waals surface area (Å²) in [7, 11) is 3.19. The quantitative estimate of drug-likeness (QED) is 0.477. The predicted octanol–water partition coefficient (Wildman–Crippen LogP) is 1.84. The topological polar surface area (TPSA) is 149 Å². The fraction of sp³-hybridized carbons (Fsp3) is 0.143. The number of carbonyl (C=O) groups is 1. The van der Waals surface area contributed by atoms with E-state index in [0.29, 0.717) is 28.8 Å². The van der Waals surface area contributed by atoms with Crippen LogP contribution in [0.4, 0.5) is 11.6 Å². The maximum absolute atomic E-state index is 12.4. The van der Waals surface area contributed by atoms with Crippen LogP contribution in [-0.4, -0.2) is 38.7 Å². The van der Waals surface area contributed by atoms with E-state index in [1.54, 1.807) is 57.7 Å². The molecule has 3 aromatic rings. The van der Waals surface area contributed by atoms with Crippen molar-refractivity contribution >= 4 is 23.8 Å². The zero-order chi connectivity index (χ0) is 23.1. The van der Waals surface area contributed by atoms with Crippen molar-refractivity contribution in [1.29, 1.82) is 0 Å². The molecule has 11 nitrogen and oxygen atoms in total. The summed E-state index contributed by atoms with van der Waals surface area (Å²) in [5.74, 6) is 1.65. The number of rotatable bonds is 7. The highest BCUT2D eigenvalue weighted by atomic mass is 16.5. The van der Waals surface area contributed by atoms with Gasteiger partial charge in [-0.1, -0.05) is 0 Å². The van der Waals surface area contributed by atoms with Crippen LogP contribution in [0.15, 0.2) is 64.5 Å². The molecule has 0 saturated heterocycles. The van der Waals surface area contributed by atoms with Crippen molar-refractivity contribution in [1.82, 2.24) is 19.5 Å². The minimum Gasteiger partial charge on any atom is -0.456 e. The van der Waals surface area contributed by atoms with Crippen molar-refractivity contribution in [2.75, 3.05) is 17.7 Å². The summed E-state index contributed by atoms with van der Waals surface area (Å²) < 4.78 is 7.09. The Kier molecular flexibility index (Phi) is 6.91. The molecule has 164 valence electrons. The molecule has 0 aromatic carbocycles. The number of amides is 1. The molecular weight excluding hydrogens is 412 g/mol. The third-order valence-electron chi connectivity index (χ3n) is 4.31. The van der Waals surface area contributed by atoms with E-state index in [9.17, 15) is 9.59 Å². The van der Waals surface area contributed by atoms with Crippen molar-refractivity contribution in [2.45, 2.75) is 6.92 Å². The molecule has 0 atom stereocenters. The van der Waals surface area contributed by atoms with Crippen LogP contribution in [0.1, 0.15) is 16.2 Å². The molecule has 1 amide bonds. The van der Waals surface area contributed by atoms with E-state index in [2.05, 4.69) is 30.6 Å². The molecule has 0 radical (unpaired) electrons. The Balaban J connectivity index is 1.68. The van der Waals surface area contributed by atoms with Crippen LogP contribution in [0.2, 0.25) is 0 Å². The molecule has 0 spiro atoms. The lowest BCUT2D eigenvalue weighted by Crippen LogP contribution is -2.29. The van der Waals surface area contributed by atoms with E-state index in [1.165, 1.54) is 23.2 Å². The van der Waals surface area contributed by atoms with Gasteiger partial charge in [0.15, 0.2) is 0 Å². The summed E-state index contributed by atoms with van der Waals surface area (Å²) in [5.41, 5.74) is 5.61. The Morgan fingerprint density at radius 1 is 1.12 bits per heavy atom. The number of hydrogen-bond acceptors (Lipinski definition) is 9. The van der Waals surface area contributed by atoms with Crippen LogP contribution in [0.3, 0.4) is 0 Å². The highest BCUT2D eigenvalue weighted by Gasteiger charge is 2.14. The maximum Gasteiger partial charge on any atom is 0.266 e. The van der Waals surface area contributed by atoms with Gasteiger partial charge in [-0.3, -0.25) is 19.1 Å². The van der Waals surface area contributed by atoms with Gasteiger partial charge in [-0.25, -0.2) is 15.0 Å². The van der Waals surface area contributed by atoms with Crippen molar-refractivity contribution < 1.29 is 9.53 Å². The van der Waals surface area contributed by atoms with Crippen LogP contribution in [0, 0.1) is 6.92 Å². The van der Waals surface area contributed by atoms with E-state index < -0.39 is 11.5 Å². The molecular formula is C21H22N8O3. The number of nitrogens with one attached hydrogen (secondary N) is 2. The molecule has 0 unspecified atom stereocenters. The smallest absolute Gasteiger partial charge is 0.266 e. The summed E-state index contributed by atoms with van der Waals surface area (Å²) in [6.45, 7) is 1.68. The standard InChI is InChI=1S/C21H22N8O3/c1-13-25-12-17(21(31)29(13)3)20(30)28-18-5-4-16(11-26-18)32-15-6-7-24-19(8-15)27-14(9-22)10-23-2/h4-12H,22H2,1-3H3,(H,24,27)(H,26,28,30). The summed E-state index contributed by atoms with van der Waals surface area (Å²) in [4.78, 5) is 40.9. The second-order valence-electron chi connectivity index (χ2n) is 6.53. The van der Waals surface area contributed by atoms with Crippen molar-refractivity contribution in [3.63, 3.8) is 0 Å². The number of aromatic nitrogens is 4. The first-order valence-electron chi connectivity index (χ1n) is 9.46. The second-order valence-corrected chi connectivity index (χ2v) is 6.53. The molecule has 11 heteroatoms. The van der Waals surface area contributed by atoms with Crippen LogP contribution in [-0.2, 0) is 7.05 Å². The third kappa shape index (κ3) is 5.33. The average Bonchev–Trinajstić information content (AvgIpc) is 2.79. The molecule has 0 saturated carbocycles. The lowest BCUT2D eigenvalue weighted by molar-refractivity contribution is 0.102. The first-order chi connectivity index (χ1) is 15.4. The van der Waals surface area contributed by atoms with Crippen LogP contribution in [0.25, 0.3) is 0 Å². The first-order valence-corrected chi connectivity index (χ1v) is 9.46. The lowest BCUT2D eigenvalue weighted by atomic mass is 10.3. The van der Waals surface area contributed by atoms with Crippen LogP contribution in [0.5, 0.6) is 11.5 Å². The monoisotopic (exact) mass is 434 g/mol. The van der Waals surface area contributed by atoms with Crippen LogP contribution >= 0.6 is 0 Å². The van der Waals surface area contributed by atoms with E-state index >= 15 is 0 Å². The van der Waals surface area contributed by atoms with Gasteiger partial charge in [-0.05, 0) is 25.1 Å². The number of ether oxygens (including phenoxy) is 1. The Labute approximate surface area is 183 Å². The number of anilines is 2. The molecule has 0 aliphatic rings. The highest BCUT2D eigenvalue weighted by Crippen LogP contribution is 2.23. The van der Waals surface area contributed by atoms with Gasteiger partial charge in [0, 0.05) is 45.0 Å². The third-order valence-corrected chi connectivity index (χ3v) is 4.31. The second kappa shape index (κ2) is 9.98. The largest absolute Gasteiger partial charge is 0.456 e. The number of nitrogens with zero attached hydrogens (tertiary/aromatic N) is 5. The van der Waals surface area contributed by atoms with Gasteiger partial charge in [0.2, 0.25) is 0 Å². The van der Waals surface area contributed by atoms with Crippen molar-refractivity contribution in [3.05, 3.63) is 76.5 Å². The normalized spacial score (nSPS) is 11.4. The molecule has 0 aliphatic carbocycles. The number of nitrogens with two attached hydrogens (primary N) is 1. The number of allylic oxidation sites excluding steroid dienone is 1. The van der Waals surface area contributed by atoms with Gasteiger partial charge < -0.3 is 21.1 Å². The van der Waals surface area contributed by atoms with Crippen LogP contribution < -0.4 is 26.7 Å². The zero-order valence-corrected chi connectivity index (χ0v) is 17.7. The van der Waals surface area contributed by atoms with Gasteiger partial charge in [0.25, 0.3) is 11.5 Å². The zero-order valence-electron chi connectivity index (χ0n) is 17.7. The summed E-state index contributed by atoms with van der Waals surface area (Å²) >= 11 is 0. The SMILES string of the molecule is CN=CC(=CN)Nc1cc(Oc2ccc(NC(=O)c3cnc(C)n(C)c3=O)nc2)ccn1. The van der Waals surface area contributed by atoms with Gasteiger partial charge in [0.05, 0.1) is 11.9 Å². The minimum atomic E-state index is -0.594. The fourth-order valence-electron chi connectivity index (χ4n) is 2.56. The van der Waals surface area contributed by atoms with E-state index in [0.717, 1.165) is 0 Å². The number of pyridine rings is 2. The predicted molar refractivity (Wildman–Crippen MR) is 121 cm³/mol. The van der Waals surface area contributed by atoms with Crippen molar-refractivity contribution in [2.24, 2.45) is 17.8 Å². The Morgan fingerprint density at radius 2 is 1.94 bits per heavy atom. The highest BCUT2D eigenvalue weighted by molar-refractivity contribution is 6.03. The number of carbonyl (C=O) groups excluding carboxylic acids is 1. The Bertz CT molecular complexity index is 1230. The van der Waals surface area contributed by atoms with E-state index in [-0.39, 0.29) is 11.4 Å². The van der Waals surface area contributed by atoms with E-state index in [4.69, 9.17) is 10.5 Å². The molecule has 3 rings (SSSR count).